The standard InChI is InChI=1S/C19H24O5/c1-10(2)17(20)23-14-9-19(5)15(24-19)7-6-11(3)8-13-16(14)12(4)18(21)22-13/h8,13-16H,1,4,6-7,9H2,2-3,5H3/b11-8-/t13-,14-,15-,16+,19-/m1/s1. The van der Waals surface area contributed by atoms with E-state index in [9.17, 15) is 9.59 Å². The van der Waals surface area contributed by atoms with E-state index in [1.807, 2.05) is 19.9 Å². The second kappa shape index (κ2) is 5.88. The second-order valence-electron chi connectivity index (χ2n) is 7.32. The third kappa shape index (κ3) is 3.05. The van der Waals surface area contributed by atoms with E-state index in [-0.39, 0.29) is 11.7 Å². The molecule has 5 nitrogen and oxygen atoms in total. The lowest BCUT2D eigenvalue weighted by Crippen LogP contribution is -2.37. The molecule has 2 fully saturated rings. The lowest BCUT2D eigenvalue weighted by Gasteiger charge is -2.28. The molecule has 0 saturated carbocycles. The smallest absolute Gasteiger partial charge is 0.334 e. The molecule has 3 aliphatic rings. The van der Waals surface area contributed by atoms with Gasteiger partial charge in [-0.25, -0.2) is 9.59 Å². The van der Waals surface area contributed by atoms with Crippen LogP contribution in [-0.2, 0) is 23.8 Å². The van der Waals surface area contributed by atoms with Gasteiger partial charge in [-0.05, 0) is 39.7 Å². The number of esters is 2. The number of carbonyl (C=O) groups is 2. The van der Waals surface area contributed by atoms with Gasteiger partial charge < -0.3 is 14.2 Å². The van der Waals surface area contributed by atoms with E-state index in [2.05, 4.69) is 13.2 Å². The van der Waals surface area contributed by atoms with Crippen LogP contribution in [0.3, 0.4) is 0 Å². The molecule has 0 spiro atoms. The maximum absolute atomic E-state index is 12.1. The Kier molecular flexibility index (Phi) is 4.16. The zero-order valence-corrected chi connectivity index (χ0v) is 14.5. The average molecular weight is 332 g/mol. The number of epoxide rings is 1. The third-order valence-electron chi connectivity index (χ3n) is 5.16. The van der Waals surface area contributed by atoms with Crippen molar-refractivity contribution in [2.24, 2.45) is 5.92 Å². The maximum atomic E-state index is 12.1. The van der Waals surface area contributed by atoms with Gasteiger partial charge >= 0.3 is 11.9 Å². The van der Waals surface area contributed by atoms with Gasteiger partial charge in [0.25, 0.3) is 0 Å². The summed E-state index contributed by atoms with van der Waals surface area (Å²) in [5, 5.41) is 0. The Bertz CT molecular complexity index is 646. The van der Waals surface area contributed by atoms with Crippen LogP contribution in [0.1, 0.15) is 40.0 Å². The first-order chi connectivity index (χ1) is 11.2. The Morgan fingerprint density at radius 1 is 1.46 bits per heavy atom. The van der Waals surface area contributed by atoms with E-state index in [0.717, 1.165) is 18.4 Å². The van der Waals surface area contributed by atoms with Crippen molar-refractivity contribution in [3.05, 3.63) is 36.0 Å². The third-order valence-corrected chi connectivity index (χ3v) is 5.16. The van der Waals surface area contributed by atoms with Crippen molar-refractivity contribution >= 4 is 11.9 Å². The Balaban J connectivity index is 1.95. The van der Waals surface area contributed by atoms with Crippen LogP contribution in [0.2, 0.25) is 0 Å². The fraction of sp³-hybridized carbons (Fsp3) is 0.579. The number of rotatable bonds is 2. The molecule has 2 saturated heterocycles. The summed E-state index contributed by atoms with van der Waals surface area (Å²) >= 11 is 0. The molecule has 0 unspecified atom stereocenters. The summed E-state index contributed by atoms with van der Waals surface area (Å²) < 4.78 is 17.0. The Morgan fingerprint density at radius 3 is 2.83 bits per heavy atom. The summed E-state index contributed by atoms with van der Waals surface area (Å²) in [7, 11) is 0. The van der Waals surface area contributed by atoms with E-state index >= 15 is 0 Å². The van der Waals surface area contributed by atoms with Gasteiger partial charge in [0.15, 0.2) is 0 Å². The van der Waals surface area contributed by atoms with E-state index < -0.39 is 30.1 Å². The molecule has 0 N–H and O–H groups in total. The van der Waals surface area contributed by atoms with Gasteiger partial charge in [0.1, 0.15) is 12.2 Å². The van der Waals surface area contributed by atoms with Crippen LogP contribution in [0, 0.1) is 5.92 Å². The quantitative estimate of drug-likeness (QED) is 0.337. The van der Waals surface area contributed by atoms with Crippen molar-refractivity contribution in [1.29, 1.82) is 0 Å². The molecule has 5 atom stereocenters. The van der Waals surface area contributed by atoms with Crippen molar-refractivity contribution < 1.29 is 23.8 Å². The predicted molar refractivity (Wildman–Crippen MR) is 88.1 cm³/mol. The van der Waals surface area contributed by atoms with Gasteiger partial charge in [0, 0.05) is 17.6 Å². The normalized spacial score (nSPS) is 40.5. The van der Waals surface area contributed by atoms with E-state index in [0.29, 0.717) is 17.6 Å². The zero-order chi connectivity index (χ0) is 17.6. The fourth-order valence-electron chi connectivity index (χ4n) is 3.62. The van der Waals surface area contributed by atoms with E-state index in [4.69, 9.17) is 14.2 Å². The van der Waals surface area contributed by atoms with E-state index in [1.54, 1.807) is 6.92 Å². The Labute approximate surface area is 142 Å². The summed E-state index contributed by atoms with van der Waals surface area (Å²) in [4.78, 5) is 24.1. The minimum absolute atomic E-state index is 0.148. The van der Waals surface area contributed by atoms with Crippen LogP contribution >= 0.6 is 0 Å². The molecule has 2 heterocycles. The molecule has 130 valence electrons. The first-order valence-corrected chi connectivity index (χ1v) is 8.32. The molecule has 0 bridgehead atoms. The second-order valence-corrected chi connectivity index (χ2v) is 7.32. The maximum Gasteiger partial charge on any atom is 0.334 e. The molecule has 2 aliphatic heterocycles. The SMILES string of the molecule is C=C(C)C(=O)O[C@@H]1C[C@@]2(C)O[C@@H]2CC/C(C)=C\[C@H]2OC(=O)C(=C)[C@@H]21. The highest BCUT2D eigenvalue weighted by Gasteiger charge is 2.56. The molecule has 0 aromatic carbocycles. The molecule has 0 radical (unpaired) electrons. The Hall–Kier alpha value is -1.88. The topological polar surface area (TPSA) is 65.1 Å². The number of hydrogen-bond donors (Lipinski definition) is 0. The molecule has 24 heavy (non-hydrogen) atoms. The minimum Gasteiger partial charge on any atom is -0.458 e. The Morgan fingerprint density at radius 2 is 2.17 bits per heavy atom. The van der Waals surface area contributed by atoms with Gasteiger partial charge in [0.2, 0.25) is 0 Å². The van der Waals surface area contributed by atoms with Crippen LogP contribution in [0.5, 0.6) is 0 Å². The van der Waals surface area contributed by atoms with Crippen LogP contribution < -0.4 is 0 Å². The molecule has 1 aliphatic carbocycles. The van der Waals surface area contributed by atoms with Crippen molar-refractivity contribution in [2.45, 2.75) is 63.9 Å². The summed E-state index contributed by atoms with van der Waals surface area (Å²) in [6, 6.07) is 0. The summed E-state index contributed by atoms with van der Waals surface area (Å²) in [6.45, 7) is 13.2. The summed E-state index contributed by atoms with van der Waals surface area (Å²) in [6.07, 6.45) is 3.43. The molecule has 0 amide bonds. The number of hydrogen-bond acceptors (Lipinski definition) is 5. The van der Waals surface area contributed by atoms with Crippen molar-refractivity contribution in [2.75, 3.05) is 0 Å². The van der Waals surface area contributed by atoms with Crippen LogP contribution in [-0.4, -0.2) is 35.9 Å². The average Bonchev–Trinajstić information content (AvgIpc) is 3.04. The van der Waals surface area contributed by atoms with Gasteiger partial charge in [-0.2, -0.15) is 0 Å². The monoisotopic (exact) mass is 332 g/mol. The van der Waals surface area contributed by atoms with Crippen LogP contribution in [0.15, 0.2) is 36.0 Å². The molecular formula is C19H24O5. The van der Waals surface area contributed by atoms with E-state index in [1.165, 1.54) is 0 Å². The fourth-order valence-corrected chi connectivity index (χ4v) is 3.62. The van der Waals surface area contributed by atoms with Crippen molar-refractivity contribution in [1.82, 2.24) is 0 Å². The summed E-state index contributed by atoms with van der Waals surface area (Å²) in [5.74, 6) is -1.29. The summed E-state index contributed by atoms with van der Waals surface area (Å²) in [5.41, 5.74) is 1.47. The number of ether oxygens (including phenoxy) is 3. The lowest BCUT2D eigenvalue weighted by atomic mass is 9.82. The van der Waals surface area contributed by atoms with Gasteiger partial charge in [0.05, 0.1) is 17.6 Å². The van der Waals surface area contributed by atoms with Gasteiger partial charge in [-0.3, -0.25) is 0 Å². The number of carbonyl (C=O) groups excluding carboxylic acids is 2. The predicted octanol–water partition coefficient (Wildman–Crippen LogP) is 2.86. The first-order valence-electron chi connectivity index (χ1n) is 8.32. The minimum atomic E-state index is -0.532. The first kappa shape index (κ1) is 17.0. The van der Waals surface area contributed by atoms with Gasteiger partial charge in [-0.15, -0.1) is 0 Å². The van der Waals surface area contributed by atoms with Crippen molar-refractivity contribution in [3.8, 4) is 0 Å². The zero-order valence-electron chi connectivity index (χ0n) is 14.5. The van der Waals surface area contributed by atoms with Gasteiger partial charge in [-0.1, -0.05) is 18.7 Å². The lowest BCUT2D eigenvalue weighted by molar-refractivity contribution is -0.148. The largest absolute Gasteiger partial charge is 0.458 e. The highest BCUT2D eigenvalue weighted by Crippen LogP contribution is 2.47. The highest BCUT2D eigenvalue weighted by atomic mass is 16.6. The highest BCUT2D eigenvalue weighted by molar-refractivity contribution is 5.91. The molecule has 5 heteroatoms. The molecule has 0 aromatic rings. The van der Waals surface area contributed by atoms with Crippen LogP contribution in [0.4, 0.5) is 0 Å². The molecule has 3 rings (SSSR count). The number of fused-ring (bicyclic) bond motifs is 2. The van der Waals surface area contributed by atoms with Crippen LogP contribution in [0.25, 0.3) is 0 Å². The number of allylic oxidation sites excluding steroid dienone is 1. The molecule has 0 aromatic heterocycles. The van der Waals surface area contributed by atoms with Crippen molar-refractivity contribution in [3.63, 3.8) is 0 Å². The molecular weight excluding hydrogens is 308 g/mol.